The Morgan fingerprint density at radius 1 is 0.580 bits per heavy atom. The number of aromatic nitrogens is 1. The number of nitrogens with zero attached hydrogens (tertiary/aromatic N) is 2. The van der Waals surface area contributed by atoms with Crippen LogP contribution in [0, 0.1) is 13.8 Å². The van der Waals surface area contributed by atoms with Crippen LogP contribution in [0.25, 0.3) is 60.9 Å². The largest absolute Gasteiger partial charge is 0.376 e. The van der Waals surface area contributed by atoms with Gasteiger partial charge in [-0.1, -0.05) is 134 Å². The fourth-order valence-corrected chi connectivity index (χ4v) is 9.66. The Morgan fingerprint density at radius 3 is 2.16 bits per heavy atom. The SMILES string of the molecule is Cc1ccc(N2B3c4cc(C)ccc4-n4c5ccccc5c5c(-c6ccccc6)cc(c3c54)-c3ccc4c(c32)-c2ccccc2C4(C)C)cc1. The third-order valence-electron chi connectivity index (χ3n) is 11.9. The van der Waals surface area contributed by atoms with Gasteiger partial charge in [0.15, 0.2) is 0 Å². The van der Waals surface area contributed by atoms with Crippen LogP contribution >= 0.6 is 0 Å². The van der Waals surface area contributed by atoms with Crippen molar-refractivity contribution in [2.24, 2.45) is 0 Å². The number of para-hydroxylation sites is 1. The molecule has 0 atom stereocenters. The van der Waals surface area contributed by atoms with E-state index in [0.717, 1.165) is 0 Å². The maximum Gasteiger partial charge on any atom is 0.333 e. The van der Waals surface area contributed by atoms with E-state index in [4.69, 9.17) is 0 Å². The number of rotatable bonds is 2. The number of anilines is 2. The lowest BCUT2D eigenvalue weighted by atomic mass is 9.43. The van der Waals surface area contributed by atoms with Gasteiger partial charge in [0.2, 0.25) is 0 Å². The molecule has 2 aliphatic heterocycles. The van der Waals surface area contributed by atoms with Crippen LogP contribution in [0.5, 0.6) is 0 Å². The quantitative estimate of drug-likeness (QED) is 0.171. The predicted octanol–water partition coefficient (Wildman–Crippen LogP) is 10.6. The Labute approximate surface area is 293 Å². The molecule has 7 aromatic carbocycles. The second-order valence-electron chi connectivity index (χ2n) is 15.1. The van der Waals surface area contributed by atoms with E-state index in [1.54, 1.807) is 0 Å². The van der Waals surface area contributed by atoms with Gasteiger partial charge < -0.3 is 9.38 Å². The van der Waals surface area contributed by atoms with Gasteiger partial charge in [-0.2, -0.15) is 0 Å². The monoisotopic (exact) mass is 638 g/mol. The van der Waals surface area contributed by atoms with Crippen LogP contribution in [0.1, 0.15) is 36.1 Å². The maximum atomic E-state index is 2.70. The van der Waals surface area contributed by atoms with Crippen molar-refractivity contribution >= 4 is 51.0 Å². The molecule has 0 unspecified atom stereocenters. The summed E-state index contributed by atoms with van der Waals surface area (Å²) in [6.07, 6.45) is 0. The zero-order valence-corrected chi connectivity index (χ0v) is 28.8. The van der Waals surface area contributed by atoms with Gasteiger partial charge >= 0.3 is 6.85 Å². The normalized spacial score (nSPS) is 14.5. The van der Waals surface area contributed by atoms with Gasteiger partial charge in [-0.3, -0.25) is 0 Å². The fraction of sp³-hybridized carbons (Fsp3) is 0.106. The Hall–Kier alpha value is -5.80. The maximum absolute atomic E-state index is 2.70. The van der Waals surface area contributed by atoms with Crippen LogP contribution in [0.2, 0.25) is 0 Å². The number of benzene rings is 7. The lowest BCUT2D eigenvalue weighted by Crippen LogP contribution is -2.60. The molecular weight excluding hydrogens is 603 g/mol. The highest BCUT2D eigenvalue weighted by atomic mass is 15.1. The third-order valence-corrected chi connectivity index (χ3v) is 11.9. The van der Waals surface area contributed by atoms with Crippen LogP contribution in [0.15, 0.2) is 140 Å². The van der Waals surface area contributed by atoms with Crippen molar-refractivity contribution in [3.05, 3.63) is 162 Å². The molecule has 11 rings (SSSR count). The molecule has 1 aromatic heterocycles. The third kappa shape index (κ3) is 3.45. The molecule has 2 nitrogen and oxygen atoms in total. The Kier molecular flexibility index (Phi) is 5.43. The van der Waals surface area contributed by atoms with E-state index in [0.29, 0.717) is 0 Å². The first-order valence-electron chi connectivity index (χ1n) is 17.8. The van der Waals surface area contributed by atoms with Crippen molar-refractivity contribution in [2.75, 3.05) is 4.81 Å². The molecule has 1 aliphatic carbocycles. The summed E-state index contributed by atoms with van der Waals surface area (Å²) >= 11 is 0. The lowest BCUT2D eigenvalue weighted by Gasteiger charge is -2.43. The summed E-state index contributed by atoms with van der Waals surface area (Å²) in [5.74, 6) is 0. The van der Waals surface area contributed by atoms with Gasteiger partial charge in [0.05, 0.1) is 11.0 Å². The summed E-state index contributed by atoms with van der Waals surface area (Å²) in [7, 11) is 0. The van der Waals surface area contributed by atoms with E-state index in [2.05, 4.69) is 177 Å². The van der Waals surface area contributed by atoms with Gasteiger partial charge in [0.25, 0.3) is 0 Å². The van der Waals surface area contributed by atoms with Crippen molar-refractivity contribution in [1.29, 1.82) is 0 Å². The molecule has 0 spiro atoms. The lowest BCUT2D eigenvalue weighted by molar-refractivity contribution is 0.660. The Morgan fingerprint density at radius 2 is 1.32 bits per heavy atom. The Bertz CT molecular complexity index is 2750. The van der Waals surface area contributed by atoms with Gasteiger partial charge in [-0.15, -0.1) is 0 Å². The van der Waals surface area contributed by atoms with Crippen molar-refractivity contribution in [3.63, 3.8) is 0 Å². The zero-order chi connectivity index (χ0) is 33.5. The highest BCUT2D eigenvalue weighted by Crippen LogP contribution is 2.58. The first-order valence-corrected chi connectivity index (χ1v) is 17.8. The van der Waals surface area contributed by atoms with E-state index >= 15 is 0 Å². The van der Waals surface area contributed by atoms with Crippen molar-refractivity contribution in [2.45, 2.75) is 33.1 Å². The summed E-state index contributed by atoms with van der Waals surface area (Å²) in [5.41, 5.74) is 22.3. The van der Waals surface area contributed by atoms with Crippen LogP contribution in [-0.2, 0) is 5.41 Å². The number of aryl methyl sites for hydroxylation is 2. The summed E-state index contributed by atoms with van der Waals surface area (Å²) in [4.78, 5) is 2.70. The van der Waals surface area contributed by atoms with Gasteiger partial charge in [0.1, 0.15) is 0 Å². The number of hydrogen-bond acceptors (Lipinski definition) is 1. The van der Waals surface area contributed by atoms with Gasteiger partial charge in [0, 0.05) is 44.4 Å². The summed E-state index contributed by atoms with van der Waals surface area (Å²) < 4.78 is 2.57. The fourth-order valence-electron chi connectivity index (χ4n) is 9.66. The van der Waals surface area contributed by atoms with Crippen LogP contribution in [0.4, 0.5) is 11.4 Å². The standard InChI is InChI=1S/C47H35BN2/c1-28-18-21-31(22-19-28)50-45-32(23-24-38-43(45)33-14-8-10-16-37(33)47(38,3)4)36-27-35(30-12-6-5-7-13-30)42-34-15-9-11-17-40(34)49-41-25-20-29(2)26-39(41)48(50)44(36)46(42)49/h5-27H,1-4H3. The average Bonchev–Trinajstić information content (AvgIpc) is 3.61. The van der Waals surface area contributed by atoms with Crippen LogP contribution in [-0.4, -0.2) is 11.4 Å². The molecular formula is C47H35BN2. The molecule has 0 saturated carbocycles. The van der Waals surface area contributed by atoms with E-state index in [9.17, 15) is 0 Å². The smallest absolute Gasteiger partial charge is 0.333 e. The predicted molar refractivity (Wildman–Crippen MR) is 212 cm³/mol. The van der Waals surface area contributed by atoms with Crippen LogP contribution < -0.4 is 15.7 Å². The highest BCUT2D eigenvalue weighted by Gasteiger charge is 2.48. The number of fused-ring (bicyclic) bond motifs is 12. The molecule has 0 N–H and O–H groups in total. The van der Waals surface area contributed by atoms with E-state index in [-0.39, 0.29) is 12.3 Å². The second-order valence-corrected chi connectivity index (χ2v) is 15.1. The van der Waals surface area contributed by atoms with Gasteiger partial charge in [-0.05, 0) is 88.5 Å². The van der Waals surface area contributed by atoms with Crippen molar-refractivity contribution in [1.82, 2.24) is 4.57 Å². The first-order chi connectivity index (χ1) is 24.4. The van der Waals surface area contributed by atoms with Gasteiger partial charge in [-0.25, -0.2) is 0 Å². The van der Waals surface area contributed by atoms with E-state index in [1.807, 2.05) is 0 Å². The molecule has 0 radical (unpaired) electrons. The first kappa shape index (κ1) is 28.1. The van der Waals surface area contributed by atoms with E-state index < -0.39 is 0 Å². The summed E-state index contributed by atoms with van der Waals surface area (Å²) in [6, 6.07) is 52.9. The molecule has 0 amide bonds. The minimum atomic E-state index is -0.104. The molecule has 3 aliphatic rings. The topological polar surface area (TPSA) is 8.17 Å². The van der Waals surface area contributed by atoms with Crippen molar-refractivity contribution < 1.29 is 0 Å². The van der Waals surface area contributed by atoms with Crippen molar-refractivity contribution in [3.8, 4) is 39.1 Å². The second kappa shape index (κ2) is 9.67. The summed E-state index contributed by atoms with van der Waals surface area (Å²) in [6.45, 7) is 9.20. The minimum absolute atomic E-state index is 0.0124. The average molecular weight is 639 g/mol. The molecule has 3 heterocycles. The van der Waals surface area contributed by atoms with Crippen LogP contribution in [0.3, 0.4) is 0 Å². The number of hydrogen-bond donors (Lipinski definition) is 0. The molecule has 0 saturated heterocycles. The zero-order valence-electron chi connectivity index (χ0n) is 28.8. The minimum Gasteiger partial charge on any atom is -0.376 e. The van der Waals surface area contributed by atoms with E-state index in [1.165, 1.54) is 105 Å². The molecule has 8 aromatic rings. The highest BCUT2D eigenvalue weighted by molar-refractivity contribution is 6.94. The molecule has 0 fully saturated rings. The summed E-state index contributed by atoms with van der Waals surface area (Å²) in [5, 5.41) is 2.63. The molecule has 236 valence electrons. The molecule has 3 heteroatoms. The molecule has 0 bridgehead atoms. The Balaban J connectivity index is 1.39. The molecule has 50 heavy (non-hydrogen) atoms.